The highest BCUT2D eigenvalue weighted by Crippen LogP contribution is 2.23. The van der Waals surface area contributed by atoms with Gasteiger partial charge in [0.25, 0.3) is 5.91 Å². The van der Waals surface area contributed by atoms with E-state index >= 15 is 0 Å². The van der Waals surface area contributed by atoms with Crippen molar-refractivity contribution in [1.29, 1.82) is 0 Å². The number of hydrogen-bond donors (Lipinski definition) is 1. The normalized spacial score (nSPS) is 10.7. The average Bonchev–Trinajstić information content (AvgIpc) is 2.43. The molecule has 0 radical (unpaired) electrons. The second kappa shape index (κ2) is 7.42. The summed E-state index contributed by atoms with van der Waals surface area (Å²) in [6, 6.07) is 6.88. The highest BCUT2D eigenvalue weighted by molar-refractivity contribution is 6.34. The van der Waals surface area contributed by atoms with Gasteiger partial charge in [-0.15, -0.1) is 0 Å². The molecule has 0 unspecified atom stereocenters. The molecule has 0 atom stereocenters. The molecule has 122 valence electrons. The van der Waals surface area contributed by atoms with Gasteiger partial charge in [0, 0.05) is 5.69 Å². The molecule has 0 aliphatic carbocycles. The molecular formula is C17H20ClN3O2. The Bertz CT molecular complexity index is 697. The summed E-state index contributed by atoms with van der Waals surface area (Å²) in [5, 5.41) is 3.17. The molecule has 0 bridgehead atoms. The van der Waals surface area contributed by atoms with E-state index in [1.165, 1.54) is 0 Å². The van der Waals surface area contributed by atoms with Gasteiger partial charge in [-0.3, -0.25) is 4.79 Å². The first kappa shape index (κ1) is 17.2. The van der Waals surface area contributed by atoms with Crippen molar-refractivity contribution in [3.8, 4) is 5.75 Å². The number of carbonyl (C=O) groups is 1. The van der Waals surface area contributed by atoms with Crippen molar-refractivity contribution in [1.82, 2.24) is 15.3 Å². The molecule has 1 heterocycles. The van der Waals surface area contributed by atoms with E-state index in [1.807, 2.05) is 33.8 Å². The lowest BCUT2D eigenvalue weighted by Crippen LogP contribution is -2.24. The van der Waals surface area contributed by atoms with Gasteiger partial charge in [0.2, 0.25) is 0 Å². The van der Waals surface area contributed by atoms with E-state index in [1.54, 1.807) is 18.2 Å². The van der Waals surface area contributed by atoms with Gasteiger partial charge in [-0.2, -0.15) is 0 Å². The summed E-state index contributed by atoms with van der Waals surface area (Å²) in [5.74, 6) is 1.08. The molecule has 0 fully saturated rings. The highest BCUT2D eigenvalue weighted by Gasteiger charge is 2.12. The summed E-state index contributed by atoms with van der Waals surface area (Å²) < 4.78 is 5.55. The van der Waals surface area contributed by atoms with Crippen LogP contribution in [-0.4, -0.2) is 22.0 Å². The van der Waals surface area contributed by atoms with E-state index < -0.39 is 0 Å². The number of ether oxygens (including phenoxy) is 1. The number of aryl methyl sites for hydroxylation is 2. The molecular weight excluding hydrogens is 314 g/mol. The van der Waals surface area contributed by atoms with Gasteiger partial charge in [-0.05, 0) is 52.0 Å². The van der Waals surface area contributed by atoms with E-state index in [2.05, 4.69) is 15.3 Å². The van der Waals surface area contributed by atoms with Crippen LogP contribution in [0.5, 0.6) is 5.75 Å². The van der Waals surface area contributed by atoms with Gasteiger partial charge in [0.05, 0.1) is 28.9 Å². The first-order chi connectivity index (χ1) is 10.8. The zero-order valence-electron chi connectivity index (χ0n) is 13.7. The number of hydrogen-bond acceptors (Lipinski definition) is 4. The van der Waals surface area contributed by atoms with Crippen LogP contribution >= 0.6 is 11.6 Å². The predicted octanol–water partition coefficient (Wildman–Crippen LogP) is 3.46. The van der Waals surface area contributed by atoms with Gasteiger partial charge < -0.3 is 10.1 Å². The summed E-state index contributed by atoms with van der Waals surface area (Å²) in [5.41, 5.74) is 2.04. The number of nitrogens with zero attached hydrogens (tertiary/aromatic N) is 2. The number of nitrogens with one attached hydrogen (secondary N) is 1. The zero-order chi connectivity index (χ0) is 17.0. The van der Waals surface area contributed by atoms with E-state index in [0.29, 0.717) is 28.7 Å². The summed E-state index contributed by atoms with van der Waals surface area (Å²) >= 11 is 6.17. The van der Waals surface area contributed by atoms with Gasteiger partial charge >= 0.3 is 0 Å². The van der Waals surface area contributed by atoms with Gasteiger partial charge in [0.15, 0.2) is 0 Å². The van der Waals surface area contributed by atoms with E-state index in [0.717, 1.165) is 11.4 Å². The lowest BCUT2D eigenvalue weighted by Gasteiger charge is -2.12. The smallest absolute Gasteiger partial charge is 0.253 e. The third-order valence-electron chi connectivity index (χ3n) is 3.01. The number of aromatic nitrogens is 2. The number of amides is 1. The Morgan fingerprint density at radius 3 is 2.61 bits per heavy atom. The van der Waals surface area contributed by atoms with E-state index in [9.17, 15) is 4.79 Å². The highest BCUT2D eigenvalue weighted by atomic mass is 35.5. The number of benzene rings is 1. The SMILES string of the molecule is Cc1cc(CNC(=O)c2ccc(OC(C)C)cc2Cl)nc(C)n1. The Morgan fingerprint density at radius 1 is 1.26 bits per heavy atom. The molecule has 0 saturated carbocycles. The van der Waals surface area contributed by atoms with Crippen LogP contribution in [0.2, 0.25) is 5.02 Å². The van der Waals surface area contributed by atoms with Crippen molar-refractivity contribution in [3.63, 3.8) is 0 Å². The lowest BCUT2D eigenvalue weighted by molar-refractivity contribution is 0.0950. The Balaban J connectivity index is 2.05. The summed E-state index contributed by atoms with van der Waals surface area (Å²) in [6.07, 6.45) is 0.0509. The van der Waals surface area contributed by atoms with Crippen LogP contribution in [-0.2, 0) is 6.54 Å². The minimum absolute atomic E-state index is 0.0509. The maximum atomic E-state index is 12.3. The van der Waals surface area contributed by atoms with Crippen LogP contribution in [0.1, 0.15) is 41.4 Å². The fourth-order valence-electron chi connectivity index (χ4n) is 2.18. The van der Waals surface area contributed by atoms with Crippen molar-refractivity contribution >= 4 is 17.5 Å². The van der Waals surface area contributed by atoms with Gasteiger partial charge in [-0.1, -0.05) is 11.6 Å². The third kappa shape index (κ3) is 4.93. The molecule has 2 aromatic rings. The van der Waals surface area contributed by atoms with Crippen molar-refractivity contribution in [2.45, 2.75) is 40.3 Å². The standard InChI is InChI=1S/C17H20ClN3O2/c1-10(2)23-14-5-6-15(16(18)8-14)17(22)19-9-13-7-11(3)20-12(4)21-13/h5-8,10H,9H2,1-4H3,(H,19,22). The molecule has 1 N–H and O–H groups in total. The second-order valence-electron chi connectivity index (χ2n) is 5.54. The Kier molecular flexibility index (Phi) is 5.55. The molecule has 23 heavy (non-hydrogen) atoms. The molecule has 1 aromatic heterocycles. The Hall–Kier alpha value is -2.14. The van der Waals surface area contributed by atoms with Gasteiger partial charge in [-0.25, -0.2) is 9.97 Å². The van der Waals surface area contributed by atoms with Gasteiger partial charge in [0.1, 0.15) is 11.6 Å². The maximum absolute atomic E-state index is 12.3. The molecule has 0 aliphatic rings. The summed E-state index contributed by atoms with van der Waals surface area (Å²) in [4.78, 5) is 20.8. The molecule has 6 heteroatoms. The minimum Gasteiger partial charge on any atom is -0.491 e. The first-order valence-corrected chi connectivity index (χ1v) is 7.78. The Labute approximate surface area is 141 Å². The Morgan fingerprint density at radius 2 is 2.00 bits per heavy atom. The monoisotopic (exact) mass is 333 g/mol. The first-order valence-electron chi connectivity index (χ1n) is 7.40. The molecule has 0 spiro atoms. The number of carbonyl (C=O) groups excluding carboxylic acids is 1. The lowest BCUT2D eigenvalue weighted by atomic mass is 10.2. The summed E-state index contributed by atoms with van der Waals surface area (Å²) in [6.45, 7) is 7.90. The zero-order valence-corrected chi connectivity index (χ0v) is 14.4. The fourth-order valence-corrected chi connectivity index (χ4v) is 2.43. The molecule has 5 nitrogen and oxygen atoms in total. The summed E-state index contributed by atoms with van der Waals surface area (Å²) in [7, 11) is 0. The van der Waals surface area contributed by atoms with Crippen molar-refractivity contribution in [2.24, 2.45) is 0 Å². The minimum atomic E-state index is -0.250. The van der Waals surface area contributed by atoms with Crippen LogP contribution in [0, 0.1) is 13.8 Å². The quantitative estimate of drug-likeness (QED) is 0.910. The molecule has 1 aromatic carbocycles. The van der Waals surface area contributed by atoms with Crippen molar-refractivity contribution < 1.29 is 9.53 Å². The topological polar surface area (TPSA) is 64.1 Å². The van der Waals surface area contributed by atoms with Crippen LogP contribution < -0.4 is 10.1 Å². The van der Waals surface area contributed by atoms with E-state index in [-0.39, 0.29) is 12.0 Å². The average molecular weight is 334 g/mol. The third-order valence-corrected chi connectivity index (χ3v) is 3.32. The largest absolute Gasteiger partial charge is 0.491 e. The van der Waals surface area contributed by atoms with Crippen LogP contribution in [0.25, 0.3) is 0 Å². The number of halogens is 1. The van der Waals surface area contributed by atoms with Crippen molar-refractivity contribution in [2.75, 3.05) is 0 Å². The molecule has 2 rings (SSSR count). The predicted molar refractivity (Wildman–Crippen MR) is 89.9 cm³/mol. The molecule has 1 amide bonds. The van der Waals surface area contributed by atoms with Crippen LogP contribution in [0.4, 0.5) is 0 Å². The van der Waals surface area contributed by atoms with E-state index in [4.69, 9.17) is 16.3 Å². The van der Waals surface area contributed by atoms with Crippen LogP contribution in [0.15, 0.2) is 24.3 Å². The maximum Gasteiger partial charge on any atom is 0.253 e. The fraction of sp³-hybridized carbons (Fsp3) is 0.353. The van der Waals surface area contributed by atoms with Crippen LogP contribution in [0.3, 0.4) is 0 Å². The molecule has 0 saturated heterocycles. The number of rotatable bonds is 5. The second-order valence-corrected chi connectivity index (χ2v) is 5.95. The molecule has 0 aliphatic heterocycles. The van der Waals surface area contributed by atoms with Crippen molar-refractivity contribution in [3.05, 3.63) is 52.1 Å².